The Hall–Kier alpha value is -2.73. The zero-order valence-electron chi connectivity index (χ0n) is 11.4. The molecule has 0 spiro atoms. The minimum Gasteiger partial charge on any atom is -0.497 e. The third-order valence-electron chi connectivity index (χ3n) is 3.56. The van der Waals surface area contributed by atoms with Crippen molar-refractivity contribution in [2.45, 2.75) is 0 Å². The van der Waals surface area contributed by atoms with Gasteiger partial charge in [0.15, 0.2) is 0 Å². The zero-order chi connectivity index (χ0) is 14.1. The van der Waals surface area contributed by atoms with Gasteiger partial charge in [0.2, 0.25) is 0 Å². The van der Waals surface area contributed by atoms with Gasteiger partial charge in [-0.1, -0.05) is 30.3 Å². The zero-order valence-corrected chi connectivity index (χ0v) is 11.4. The van der Waals surface area contributed by atoms with Crippen LogP contribution in [0, 0.1) is 11.3 Å². The lowest BCUT2D eigenvalue weighted by atomic mass is 10.1. The van der Waals surface area contributed by atoms with Crippen molar-refractivity contribution in [3.63, 3.8) is 0 Å². The third kappa shape index (κ3) is 1.74. The number of nitriles is 1. The van der Waals surface area contributed by atoms with Gasteiger partial charge < -0.3 is 9.30 Å². The summed E-state index contributed by atoms with van der Waals surface area (Å²) < 4.78 is 7.33. The molecule has 3 heteroatoms. The van der Waals surface area contributed by atoms with Gasteiger partial charge in [0.05, 0.1) is 18.4 Å². The van der Waals surface area contributed by atoms with Crippen molar-refractivity contribution >= 4 is 10.9 Å². The van der Waals surface area contributed by atoms with E-state index < -0.39 is 0 Å². The summed E-state index contributed by atoms with van der Waals surface area (Å²) in [4.78, 5) is 0. The van der Waals surface area contributed by atoms with Crippen LogP contribution in [-0.2, 0) is 7.05 Å². The fourth-order valence-corrected chi connectivity index (χ4v) is 2.61. The molecule has 0 N–H and O–H groups in total. The summed E-state index contributed by atoms with van der Waals surface area (Å²) in [5, 5.41) is 10.5. The second-order valence-corrected chi connectivity index (χ2v) is 4.64. The quantitative estimate of drug-likeness (QED) is 0.705. The number of methoxy groups -OCH3 is 1. The maximum Gasteiger partial charge on any atom is 0.119 e. The minimum atomic E-state index is 0.705. The number of ether oxygens (including phenoxy) is 1. The van der Waals surface area contributed by atoms with E-state index in [1.165, 1.54) is 0 Å². The standard InChI is InChI=1S/C17H14N2O/c1-19-16-9-4-3-8-14(16)15(11-18)17(19)12-6-5-7-13(10-12)20-2/h3-10H,1-2H3. The summed E-state index contributed by atoms with van der Waals surface area (Å²) in [6.45, 7) is 0. The smallest absolute Gasteiger partial charge is 0.119 e. The van der Waals surface area contributed by atoms with E-state index in [-0.39, 0.29) is 0 Å². The van der Waals surface area contributed by atoms with E-state index >= 15 is 0 Å². The molecular formula is C17H14N2O. The Balaban J connectivity index is 2.36. The molecule has 0 amide bonds. The number of hydrogen-bond acceptors (Lipinski definition) is 2. The van der Waals surface area contributed by atoms with Gasteiger partial charge in [-0.25, -0.2) is 0 Å². The normalized spacial score (nSPS) is 10.4. The Labute approximate surface area is 117 Å². The molecule has 3 rings (SSSR count). The molecule has 3 nitrogen and oxygen atoms in total. The molecular weight excluding hydrogens is 248 g/mol. The van der Waals surface area contributed by atoms with E-state index in [4.69, 9.17) is 4.74 Å². The van der Waals surface area contributed by atoms with Gasteiger partial charge in [-0.05, 0) is 18.2 Å². The SMILES string of the molecule is COc1cccc(-c2c(C#N)c3ccccc3n2C)c1. The maximum atomic E-state index is 9.52. The molecule has 0 aliphatic carbocycles. The van der Waals surface area contributed by atoms with Gasteiger partial charge in [-0.2, -0.15) is 5.26 Å². The lowest BCUT2D eigenvalue weighted by Crippen LogP contribution is -1.93. The van der Waals surface area contributed by atoms with Crippen molar-refractivity contribution in [2.75, 3.05) is 7.11 Å². The van der Waals surface area contributed by atoms with E-state index in [9.17, 15) is 5.26 Å². The number of nitrogens with zero attached hydrogens (tertiary/aromatic N) is 2. The van der Waals surface area contributed by atoms with Crippen LogP contribution in [0.15, 0.2) is 48.5 Å². The lowest BCUT2D eigenvalue weighted by molar-refractivity contribution is 0.415. The topological polar surface area (TPSA) is 37.9 Å². The van der Waals surface area contributed by atoms with Crippen molar-refractivity contribution in [3.8, 4) is 23.1 Å². The van der Waals surface area contributed by atoms with E-state index in [1.54, 1.807) is 7.11 Å². The molecule has 0 aliphatic rings. The predicted octanol–water partition coefficient (Wildman–Crippen LogP) is 3.73. The molecule has 0 aliphatic heterocycles. The van der Waals surface area contributed by atoms with Crippen LogP contribution in [0.5, 0.6) is 5.75 Å². The minimum absolute atomic E-state index is 0.705. The van der Waals surface area contributed by atoms with E-state index in [2.05, 4.69) is 10.6 Å². The fourth-order valence-electron chi connectivity index (χ4n) is 2.61. The number of para-hydroxylation sites is 1. The lowest BCUT2D eigenvalue weighted by Gasteiger charge is -2.07. The van der Waals surface area contributed by atoms with E-state index in [1.807, 2.05) is 55.6 Å². The van der Waals surface area contributed by atoms with Crippen molar-refractivity contribution in [2.24, 2.45) is 7.05 Å². The van der Waals surface area contributed by atoms with Crippen molar-refractivity contribution in [1.29, 1.82) is 5.26 Å². The second-order valence-electron chi connectivity index (χ2n) is 4.64. The maximum absolute atomic E-state index is 9.52. The van der Waals surface area contributed by atoms with Crippen LogP contribution in [0.25, 0.3) is 22.2 Å². The molecule has 20 heavy (non-hydrogen) atoms. The summed E-state index contributed by atoms with van der Waals surface area (Å²) in [6, 6.07) is 18.1. The fraction of sp³-hybridized carbons (Fsp3) is 0.118. The van der Waals surface area contributed by atoms with Gasteiger partial charge in [0.25, 0.3) is 0 Å². The third-order valence-corrected chi connectivity index (χ3v) is 3.56. The molecule has 0 bridgehead atoms. The highest BCUT2D eigenvalue weighted by Gasteiger charge is 2.16. The molecule has 1 aromatic heterocycles. The average molecular weight is 262 g/mol. The van der Waals surface area contributed by atoms with E-state index in [0.29, 0.717) is 5.56 Å². The van der Waals surface area contributed by atoms with Gasteiger partial charge in [0, 0.05) is 23.5 Å². The van der Waals surface area contributed by atoms with Gasteiger partial charge in [0.1, 0.15) is 11.8 Å². The van der Waals surface area contributed by atoms with Gasteiger partial charge >= 0.3 is 0 Å². The van der Waals surface area contributed by atoms with Crippen LogP contribution in [0.2, 0.25) is 0 Å². The first-order valence-electron chi connectivity index (χ1n) is 6.38. The Morgan fingerprint density at radius 1 is 1.10 bits per heavy atom. The number of fused-ring (bicyclic) bond motifs is 1. The van der Waals surface area contributed by atoms with Crippen molar-refractivity contribution in [1.82, 2.24) is 4.57 Å². The first kappa shape index (κ1) is 12.3. The van der Waals surface area contributed by atoms with Crippen LogP contribution in [0.1, 0.15) is 5.56 Å². The van der Waals surface area contributed by atoms with Gasteiger partial charge in [-0.3, -0.25) is 0 Å². The molecule has 0 atom stereocenters. The first-order valence-corrected chi connectivity index (χ1v) is 6.38. The predicted molar refractivity (Wildman–Crippen MR) is 79.6 cm³/mol. The molecule has 0 radical (unpaired) electrons. The Morgan fingerprint density at radius 2 is 1.90 bits per heavy atom. The number of benzene rings is 2. The first-order chi connectivity index (χ1) is 9.76. The van der Waals surface area contributed by atoms with Crippen LogP contribution >= 0.6 is 0 Å². The Kier molecular flexibility index (Phi) is 2.92. The molecule has 1 heterocycles. The second kappa shape index (κ2) is 4.75. The van der Waals surface area contributed by atoms with Crippen LogP contribution in [0.3, 0.4) is 0 Å². The van der Waals surface area contributed by atoms with Crippen LogP contribution in [0.4, 0.5) is 0 Å². The van der Waals surface area contributed by atoms with E-state index in [0.717, 1.165) is 27.9 Å². The summed E-state index contributed by atoms with van der Waals surface area (Å²) in [5.74, 6) is 0.789. The average Bonchev–Trinajstić information content (AvgIpc) is 2.80. The van der Waals surface area contributed by atoms with Crippen LogP contribution < -0.4 is 4.74 Å². The molecule has 98 valence electrons. The highest BCUT2D eigenvalue weighted by atomic mass is 16.5. The number of hydrogen-bond donors (Lipinski definition) is 0. The highest BCUT2D eigenvalue weighted by Crippen LogP contribution is 2.33. The molecule has 0 saturated carbocycles. The van der Waals surface area contributed by atoms with Crippen molar-refractivity contribution < 1.29 is 4.74 Å². The summed E-state index contributed by atoms with van der Waals surface area (Å²) in [5.41, 5.74) is 3.67. The number of aryl methyl sites for hydroxylation is 1. The molecule has 0 unspecified atom stereocenters. The molecule has 0 saturated heterocycles. The number of rotatable bonds is 2. The van der Waals surface area contributed by atoms with Crippen molar-refractivity contribution in [3.05, 3.63) is 54.1 Å². The summed E-state index contributed by atoms with van der Waals surface area (Å²) in [7, 11) is 3.63. The number of aromatic nitrogens is 1. The van der Waals surface area contributed by atoms with Gasteiger partial charge in [-0.15, -0.1) is 0 Å². The highest BCUT2D eigenvalue weighted by molar-refractivity contribution is 5.94. The Bertz CT molecular complexity index is 825. The summed E-state index contributed by atoms with van der Waals surface area (Å²) in [6.07, 6.45) is 0. The monoisotopic (exact) mass is 262 g/mol. The Morgan fingerprint density at radius 3 is 2.65 bits per heavy atom. The molecule has 0 fully saturated rings. The largest absolute Gasteiger partial charge is 0.497 e. The summed E-state index contributed by atoms with van der Waals surface area (Å²) >= 11 is 0. The molecule has 2 aromatic carbocycles. The van der Waals surface area contributed by atoms with Crippen LogP contribution in [-0.4, -0.2) is 11.7 Å². The molecule has 3 aromatic rings.